The normalized spacial score (nSPS) is 10.6. The van der Waals surface area contributed by atoms with Gasteiger partial charge in [-0.2, -0.15) is 5.10 Å². The number of hydrogen-bond acceptors (Lipinski definition) is 5. The van der Waals surface area contributed by atoms with Crippen LogP contribution in [0.4, 0.5) is 0 Å². The van der Waals surface area contributed by atoms with Crippen LogP contribution < -0.4 is 14.9 Å². The number of ether oxygens (including phenoxy) is 2. The van der Waals surface area contributed by atoms with Crippen LogP contribution in [0.1, 0.15) is 15.9 Å². The Labute approximate surface area is 197 Å². The summed E-state index contributed by atoms with van der Waals surface area (Å²) in [6.45, 7) is -0.156. The number of carbonyl (C=O) groups excluding carboxylic acids is 2. The first-order chi connectivity index (χ1) is 16.7. The van der Waals surface area contributed by atoms with Crippen molar-refractivity contribution in [2.24, 2.45) is 5.10 Å². The van der Waals surface area contributed by atoms with Gasteiger partial charge in [0.2, 0.25) is 0 Å². The van der Waals surface area contributed by atoms with Gasteiger partial charge in [0.15, 0.2) is 6.61 Å². The molecule has 1 N–H and O–H groups in total. The zero-order valence-electron chi connectivity index (χ0n) is 18.3. The van der Waals surface area contributed by atoms with E-state index >= 15 is 0 Å². The Hall–Kier alpha value is -4.71. The molecule has 4 aromatic rings. The van der Waals surface area contributed by atoms with E-state index in [-0.39, 0.29) is 12.5 Å². The highest BCUT2D eigenvalue weighted by molar-refractivity contribution is 5.91. The summed E-state index contributed by atoms with van der Waals surface area (Å²) >= 11 is 0. The van der Waals surface area contributed by atoms with Crippen molar-refractivity contribution < 1.29 is 19.1 Å². The van der Waals surface area contributed by atoms with Gasteiger partial charge in [-0.15, -0.1) is 0 Å². The molecule has 0 saturated heterocycles. The predicted molar refractivity (Wildman–Crippen MR) is 131 cm³/mol. The number of benzene rings is 4. The number of nitrogens with zero attached hydrogens (tertiary/aromatic N) is 1. The molecule has 1 amide bonds. The lowest BCUT2D eigenvalue weighted by Crippen LogP contribution is -2.24. The van der Waals surface area contributed by atoms with Crippen LogP contribution in [0, 0.1) is 0 Å². The number of rotatable bonds is 8. The third kappa shape index (κ3) is 6.40. The number of nitrogens with one attached hydrogen (secondary N) is 1. The minimum Gasteiger partial charge on any atom is -0.484 e. The zero-order chi connectivity index (χ0) is 23.6. The third-order valence-electron chi connectivity index (χ3n) is 4.83. The summed E-state index contributed by atoms with van der Waals surface area (Å²) in [5.41, 5.74) is 5.82. The average Bonchev–Trinajstić information content (AvgIpc) is 2.90. The molecule has 0 radical (unpaired) electrons. The molecule has 4 aromatic carbocycles. The standard InChI is InChI=1S/C28H22N2O4/c31-27(20-33-25-17-13-23(14-18-25)22-7-3-1-4-8-22)30-29-19-21-11-15-26(16-12-21)34-28(32)24-9-5-2-6-10-24/h1-19H,20H2,(H,30,31). The predicted octanol–water partition coefficient (Wildman–Crippen LogP) is 5.10. The maximum atomic E-state index is 12.1. The van der Waals surface area contributed by atoms with Gasteiger partial charge in [0.05, 0.1) is 11.8 Å². The number of hydrogen-bond donors (Lipinski definition) is 1. The lowest BCUT2D eigenvalue weighted by atomic mass is 10.1. The summed E-state index contributed by atoms with van der Waals surface area (Å²) in [4.78, 5) is 24.1. The van der Waals surface area contributed by atoms with Crippen LogP contribution in [0.25, 0.3) is 11.1 Å². The second-order valence-electron chi connectivity index (χ2n) is 7.30. The van der Waals surface area contributed by atoms with Crippen molar-refractivity contribution in [2.45, 2.75) is 0 Å². The van der Waals surface area contributed by atoms with Crippen molar-refractivity contribution >= 4 is 18.1 Å². The zero-order valence-corrected chi connectivity index (χ0v) is 18.3. The summed E-state index contributed by atoms with van der Waals surface area (Å²) in [7, 11) is 0. The molecule has 0 heterocycles. The Balaban J connectivity index is 1.22. The van der Waals surface area contributed by atoms with Gasteiger partial charge in [0.1, 0.15) is 11.5 Å². The first kappa shape index (κ1) is 22.5. The van der Waals surface area contributed by atoms with Gasteiger partial charge < -0.3 is 9.47 Å². The van der Waals surface area contributed by atoms with Crippen molar-refractivity contribution in [3.8, 4) is 22.6 Å². The molecule has 0 aliphatic rings. The van der Waals surface area contributed by atoms with E-state index in [1.54, 1.807) is 48.5 Å². The van der Waals surface area contributed by atoms with E-state index < -0.39 is 5.97 Å². The van der Waals surface area contributed by atoms with Crippen molar-refractivity contribution in [1.82, 2.24) is 5.43 Å². The molecule has 34 heavy (non-hydrogen) atoms. The van der Waals surface area contributed by atoms with Crippen LogP contribution in [-0.4, -0.2) is 24.7 Å². The minimum atomic E-state index is -0.427. The van der Waals surface area contributed by atoms with Crippen molar-refractivity contribution in [1.29, 1.82) is 0 Å². The van der Waals surface area contributed by atoms with E-state index in [2.05, 4.69) is 10.5 Å². The van der Waals surface area contributed by atoms with Crippen molar-refractivity contribution in [3.05, 3.63) is 120 Å². The topological polar surface area (TPSA) is 77.0 Å². The lowest BCUT2D eigenvalue weighted by molar-refractivity contribution is -0.123. The van der Waals surface area contributed by atoms with E-state index in [9.17, 15) is 9.59 Å². The van der Waals surface area contributed by atoms with Crippen LogP contribution in [0.3, 0.4) is 0 Å². The molecule has 0 unspecified atom stereocenters. The second kappa shape index (κ2) is 11.2. The fourth-order valence-corrected chi connectivity index (χ4v) is 3.10. The maximum absolute atomic E-state index is 12.1. The van der Waals surface area contributed by atoms with E-state index in [0.717, 1.165) is 16.7 Å². The third-order valence-corrected chi connectivity index (χ3v) is 4.83. The van der Waals surface area contributed by atoms with Gasteiger partial charge >= 0.3 is 5.97 Å². The van der Waals surface area contributed by atoms with Crippen LogP contribution in [0.2, 0.25) is 0 Å². The highest BCUT2D eigenvalue weighted by Crippen LogP contribution is 2.22. The molecule has 0 bridgehead atoms. The SMILES string of the molecule is O=C(COc1ccc(-c2ccccc2)cc1)NN=Cc1ccc(OC(=O)c2ccccc2)cc1. The molecule has 0 saturated carbocycles. The van der Waals surface area contributed by atoms with E-state index in [1.807, 2.05) is 60.7 Å². The summed E-state index contributed by atoms with van der Waals surface area (Å²) in [5, 5.41) is 3.93. The quantitative estimate of drug-likeness (QED) is 0.175. The molecule has 4 rings (SSSR count). The molecular formula is C28H22N2O4. The molecule has 6 nitrogen and oxygen atoms in total. The van der Waals surface area contributed by atoms with Gasteiger partial charge in [0.25, 0.3) is 5.91 Å². The van der Waals surface area contributed by atoms with Gasteiger partial charge in [-0.25, -0.2) is 10.2 Å². The molecule has 168 valence electrons. The number of esters is 1. The Morgan fingerprint density at radius 3 is 1.97 bits per heavy atom. The molecule has 0 spiro atoms. The molecular weight excluding hydrogens is 428 g/mol. The number of hydrazone groups is 1. The number of amides is 1. The Kier molecular flexibility index (Phi) is 7.43. The Morgan fingerprint density at radius 1 is 0.706 bits per heavy atom. The Morgan fingerprint density at radius 2 is 1.29 bits per heavy atom. The first-order valence-corrected chi connectivity index (χ1v) is 10.6. The lowest BCUT2D eigenvalue weighted by Gasteiger charge is -2.07. The highest BCUT2D eigenvalue weighted by Gasteiger charge is 2.07. The summed E-state index contributed by atoms with van der Waals surface area (Å²) in [6, 6.07) is 33.1. The Bertz CT molecular complexity index is 1250. The van der Waals surface area contributed by atoms with E-state index in [4.69, 9.17) is 9.47 Å². The maximum Gasteiger partial charge on any atom is 0.343 e. The van der Waals surface area contributed by atoms with E-state index in [0.29, 0.717) is 17.1 Å². The monoisotopic (exact) mass is 450 g/mol. The largest absolute Gasteiger partial charge is 0.484 e. The molecule has 0 aliphatic heterocycles. The molecule has 0 atom stereocenters. The molecule has 6 heteroatoms. The van der Waals surface area contributed by atoms with Gasteiger partial charge in [-0.05, 0) is 65.2 Å². The number of carbonyl (C=O) groups is 2. The van der Waals surface area contributed by atoms with Crippen LogP contribution in [0.5, 0.6) is 11.5 Å². The summed E-state index contributed by atoms with van der Waals surface area (Å²) in [6.07, 6.45) is 1.50. The second-order valence-corrected chi connectivity index (χ2v) is 7.30. The van der Waals surface area contributed by atoms with Crippen LogP contribution in [0.15, 0.2) is 114 Å². The van der Waals surface area contributed by atoms with Crippen LogP contribution in [-0.2, 0) is 4.79 Å². The van der Waals surface area contributed by atoms with Gasteiger partial charge in [-0.3, -0.25) is 4.79 Å². The molecule has 0 aliphatic carbocycles. The van der Waals surface area contributed by atoms with E-state index in [1.165, 1.54) is 6.21 Å². The molecule has 0 aromatic heterocycles. The van der Waals surface area contributed by atoms with Crippen molar-refractivity contribution in [3.63, 3.8) is 0 Å². The van der Waals surface area contributed by atoms with Crippen LogP contribution >= 0.6 is 0 Å². The van der Waals surface area contributed by atoms with Crippen molar-refractivity contribution in [2.75, 3.05) is 6.61 Å². The molecule has 0 fully saturated rings. The first-order valence-electron chi connectivity index (χ1n) is 10.6. The smallest absolute Gasteiger partial charge is 0.343 e. The average molecular weight is 450 g/mol. The highest BCUT2D eigenvalue weighted by atomic mass is 16.5. The summed E-state index contributed by atoms with van der Waals surface area (Å²) in [5.74, 6) is 0.210. The fourth-order valence-electron chi connectivity index (χ4n) is 3.10. The van der Waals surface area contributed by atoms with Gasteiger partial charge in [-0.1, -0.05) is 60.7 Å². The minimum absolute atomic E-state index is 0.156. The summed E-state index contributed by atoms with van der Waals surface area (Å²) < 4.78 is 10.9. The van der Waals surface area contributed by atoms with Gasteiger partial charge in [0, 0.05) is 0 Å². The fraction of sp³-hybridized carbons (Fsp3) is 0.0357.